The fraction of sp³-hybridized carbons (Fsp3) is 0.654. The fourth-order valence-electron chi connectivity index (χ4n) is 5.50. The van der Waals surface area contributed by atoms with Crippen LogP contribution in [-0.2, 0) is 23.7 Å². The lowest BCUT2D eigenvalue weighted by Crippen LogP contribution is -2.55. The zero-order valence-corrected chi connectivity index (χ0v) is 21.4. The molecule has 6 atom stereocenters. The standard InChI is InChI=1S/C26H37NO8/c1-15(2)7-8-20-25(3,35-20)24-23(32-6)18(9-10-26(24)14-33-26)34-21(29)13-27-16-11-17(28)22(31-5)19(12-16)30-4/h7,11-12,18,20,23-24,27-28H,8-10,13-14H2,1-6H3/t18-,20-,23-,24-,25+,26+/m1/s1. The van der Waals surface area contributed by atoms with Crippen molar-refractivity contribution in [3.8, 4) is 17.2 Å². The second-order valence-corrected chi connectivity index (χ2v) is 9.99. The highest BCUT2D eigenvalue weighted by molar-refractivity contribution is 5.76. The molecule has 1 saturated carbocycles. The number of aromatic hydroxyl groups is 1. The lowest BCUT2D eigenvalue weighted by Gasteiger charge is -2.42. The minimum Gasteiger partial charge on any atom is -0.504 e. The Balaban J connectivity index is 1.41. The van der Waals surface area contributed by atoms with Crippen molar-refractivity contribution in [2.75, 3.05) is 39.8 Å². The van der Waals surface area contributed by atoms with Crippen LogP contribution in [0, 0.1) is 5.92 Å². The molecule has 1 aromatic carbocycles. The number of carbonyl (C=O) groups is 1. The van der Waals surface area contributed by atoms with Crippen LogP contribution in [0.3, 0.4) is 0 Å². The summed E-state index contributed by atoms with van der Waals surface area (Å²) in [6.45, 7) is 6.88. The SMILES string of the molecule is COc1cc(NCC(=O)O[C@@H]2CC[C@]3(CO3)[C@@H]([C@@]3(C)O[C@@H]3CC=C(C)C)[C@@H]2OC)cc(O)c1OC. The summed E-state index contributed by atoms with van der Waals surface area (Å²) in [5.74, 6) is 0.0469. The molecule has 9 nitrogen and oxygen atoms in total. The lowest BCUT2D eigenvalue weighted by atomic mass is 9.68. The van der Waals surface area contributed by atoms with Gasteiger partial charge in [0.2, 0.25) is 5.75 Å². The maximum absolute atomic E-state index is 12.8. The van der Waals surface area contributed by atoms with E-state index in [0.29, 0.717) is 24.5 Å². The van der Waals surface area contributed by atoms with Crippen molar-refractivity contribution in [3.63, 3.8) is 0 Å². The first-order chi connectivity index (χ1) is 16.7. The van der Waals surface area contributed by atoms with Crippen molar-refractivity contribution < 1.29 is 38.3 Å². The van der Waals surface area contributed by atoms with Gasteiger partial charge < -0.3 is 38.8 Å². The van der Waals surface area contributed by atoms with Crippen LogP contribution in [-0.4, -0.2) is 75.1 Å². The molecule has 2 N–H and O–H groups in total. The third-order valence-corrected chi connectivity index (χ3v) is 7.42. The molecule has 2 heterocycles. The van der Waals surface area contributed by atoms with Crippen LogP contribution in [0.2, 0.25) is 0 Å². The summed E-state index contributed by atoms with van der Waals surface area (Å²) in [4.78, 5) is 12.8. The Morgan fingerprint density at radius 3 is 2.60 bits per heavy atom. The molecule has 2 aliphatic heterocycles. The molecule has 9 heteroatoms. The summed E-state index contributed by atoms with van der Waals surface area (Å²) in [5.41, 5.74) is 1.11. The van der Waals surface area contributed by atoms with Crippen LogP contribution in [0.5, 0.6) is 17.2 Å². The van der Waals surface area contributed by atoms with Gasteiger partial charge in [-0.2, -0.15) is 0 Å². The number of rotatable bonds is 10. The van der Waals surface area contributed by atoms with Gasteiger partial charge in [-0.25, -0.2) is 0 Å². The van der Waals surface area contributed by atoms with Crippen LogP contribution in [0.1, 0.15) is 40.0 Å². The quantitative estimate of drug-likeness (QED) is 0.289. The van der Waals surface area contributed by atoms with Crippen molar-refractivity contribution in [2.45, 2.75) is 69.5 Å². The van der Waals surface area contributed by atoms with Crippen molar-refractivity contribution >= 4 is 11.7 Å². The molecule has 0 unspecified atom stereocenters. The van der Waals surface area contributed by atoms with Crippen molar-refractivity contribution in [3.05, 3.63) is 23.8 Å². The van der Waals surface area contributed by atoms with Crippen LogP contribution < -0.4 is 14.8 Å². The molecule has 2 saturated heterocycles. The maximum Gasteiger partial charge on any atom is 0.325 e. The number of phenols is 1. The van der Waals surface area contributed by atoms with E-state index in [0.717, 1.165) is 12.8 Å². The predicted molar refractivity (Wildman–Crippen MR) is 129 cm³/mol. The number of nitrogens with one attached hydrogen (secondary N) is 1. The highest BCUT2D eigenvalue weighted by Crippen LogP contribution is 2.59. The Kier molecular flexibility index (Phi) is 7.22. The predicted octanol–water partition coefficient (Wildman–Crippen LogP) is 3.44. The van der Waals surface area contributed by atoms with Crippen molar-refractivity contribution in [2.24, 2.45) is 5.92 Å². The summed E-state index contributed by atoms with van der Waals surface area (Å²) in [7, 11) is 4.57. The van der Waals surface area contributed by atoms with E-state index in [2.05, 4.69) is 32.2 Å². The summed E-state index contributed by atoms with van der Waals surface area (Å²) >= 11 is 0. The van der Waals surface area contributed by atoms with Crippen LogP contribution in [0.4, 0.5) is 5.69 Å². The highest BCUT2D eigenvalue weighted by atomic mass is 16.6. The second kappa shape index (κ2) is 9.87. The van der Waals surface area contributed by atoms with Crippen LogP contribution in [0.25, 0.3) is 0 Å². The van der Waals surface area contributed by atoms with E-state index in [1.165, 1.54) is 25.9 Å². The number of allylic oxidation sites excluding steroid dienone is 1. The van der Waals surface area contributed by atoms with Crippen LogP contribution >= 0.6 is 0 Å². The average Bonchev–Trinajstić information content (AvgIpc) is 3.74. The third-order valence-electron chi connectivity index (χ3n) is 7.42. The minimum atomic E-state index is -0.416. The van der Waals surface area contributed by atoms with Gasteiger partial charge in [-0.15, -0.1) is 0 Å². The Hall–Kier alpha value is -2.49. The first-order valence-electron chi connectivity index (χ1n) is 12.0. The molecule has 3 aliphatic rings. The molecular weight excluding hydrogens is 454 g/mol. The highest BCUT2D eigenvalue weighted by Gasteiger charge is 2.72. The number of hydrogen-bond acceptors (Lipinski definition) is 9. The number of phenolic OH excluding ortho intramolecular Hbond substituents is 1. The Morgan fingerprint density at radius 2 is 2.00 bits per heavy atom. The monoisotopic (exact) mass is 491 g/mol. The second-order valence-electron chi connectivity index (χ2n) is 9.99. The number of epoxide rings is 2. The van der Waals surface area contributed by atoms with E-state index in [-0.39, 0.29) is 47.4 Å². The Labute approximate surface area is 206 Å². The topological polar surface area (TPSA) is 111 Å². The fourth-order valence-corrected chi connectivity index (χ4v) is 5.50. The summed E-state index contributed by atoms with van der Waals surface area (Å²) in [5, 5.41) is 13.1. The summed E-state index contributed by atoms with van der Waals surface area (Å²) < 4.78 is 34.4. The van der Waals surface area contributed by atoms with Gasteiger partial charge in [0.25, 0.3) is 0 Å². The van der Waals surface area contributed by atoms with Crippen molar-refractivity contribution in [1.29, 1.82) is 0 Å². The maximum atomic E-state index is 12.8. The van der Waals surface area contributed by atoms with E-state index in [9.17, 15) is 9.90 Å². The molecule has 1 aliphatic carbocycles. The van der Waals surface area contributed by atoms with E-state index < -0.39 is 12.1 Å². The van der Waals surface area contributed by atoms with Gasteiger partial charge in [0.15, 0.2) is 11.5 Å². The first-order valence-corrected chi connectivity index (χ1v) is 12.0. The molecule has 0 amide bonds. The van der Waals surface area contributed by atoms with Crippen molar-refractivity contribution in [1.82, 2.24) is 0 Å². The number of esters is 1. The molecule has 0 aromatic heterocycles. The van der Waals surface area contributed by atoms with E-state index in [1.54, 1.807) is 13.2 Å². The molecule has 3 fully saturated rings. The molecule has 0 bridgehead atoms. The van der Waals surface area contributed by atoms with Gasteiger partial charge in [0.1, 0.15) is 30.0 Å². The van der Waals surface area contributed by atoms with Gasteiger partial charge in [-0.1, -0.05) is 11.6 Å². The smallest absolute Gasteiger partial charge is 0.325 e. The third kappa shape index (κ3) is 5.08. The zero-order valence-electron chi connectivity index (χ0n) is 21.4. The van der Waals surface area contributed by atoms with Gasteiger partial charge in [-0.05, 0) is 40.0 Å². The molecule has 194 valence electrons. The number of hydrogen-bond donors (Lipinski definition) is 2. The number of carbonyl (C=O) groups excluding carboxylic acids is 1. The molecule has 0 radical (unpaired) electrons. The normalized spacial score (nSPS) is 33.1. The average molecular weight is 492 g/mol. The minimum absolute atomic E-state index is 0.0298. The number of benzene rings is 1. The van der Waals surface area contributed by atoms with E-state index in [1.807, 2.05) is 0 Å². The Bertz CT molecular complexity index is 970. The van der Waals surface area contributed by atoms with Gasteiger partial charge in [-0.3, -0.25) is 4.79 Å². The number of ether oxygens (including phenoxy) is 6. The van der Waals surface area contributed by atoms with E-state index in [4.69, 9.17) is 28.4 Å². The summed E-state index contributed by atoms with van der Waals surface area (Å²) in [6.07, 6.45) is 3.84. The molecule has 1 spiro atoms. The largest absolute Gasteiger partial charge is 0.504 e. The molecule has 1 aromatic rings. The van der Waals surface area contributed by atoms with Crippen LogP contribution in [0.15, 0.2) is 23.8 Å². The zero-order chi connectivity index (χ0) is 25.4. The number of anilines is 1. The molecule has 35 heavy (non-hydrogen) atoms. The lowest BCUT2D eigenvalue weighted by molar-refractivity contribution is -0.170. The Morgan fingerprint density at radius 1 is 1.26 bits per heavy atom. The van der Waals surface area contributed by atoms with Gasteiger partial charge in [0.05, 0.1) is 32.8 Å². The van der Waals surface area contributed by atoms with E-state index >= 15 is 0 Å². The summed E-state index contributed by atoms with van der Waals surface area (Å²) in [6, 6.07) is 3.11. The molecule has 4 rings (SSSR count). The number of methoxy groups -OCH3 is 3. The molecular formula is C26H37NO8. The van der Waals surface area contributed by atoms with Gasteiger partial charge in [0, 0.05) is 24.9 Å². The first kappa shape index (κ1) is 25.6. The van der Waals surface area contributed by atoms with Gasteiger partial charge >= 0.3 is 5.97 Å².